The van der Waals surface area contributed by atoms with Crippen molar-refractivity contribution in [2.45, 2.75) is 24.3 Å². The first-order valence-electron chi connectivity index (χ1n) is 8.53. The van der Waals surface area contributed by atoms with Crippen LogP contribution in [-0.4, -0.2) is 31.5 Å². The predicted octanol–water partition coefficient (Wildman–Crippen LogP) is 0.342. The second-order valence-corrected chi connectivity index (χ2v) is 8.78. The molecule has 7 N–H and O–H groups in total. The van der Waals surface area contributed by atoms with Crippen LogP contribution >= 0.6 is 15.9 Å². The van der Waals surface area contributed by atoms with Gasteiger partial charge in [0.2, 0.25) is 11.9 Å². The molecule has 0 saturated carbocycles. The first-order valence-corrected chi connectivity index (χ1v) is 10.8. The third-order valence-corrected chi connectivity index (χ3v) is 5.89. The molecule has 30 heavy (non-hydrogen) atoms. The lowest BCUT2D eigenvalue weighted by atomic mass is 10.1. The summed E-state index contributed by atoms with van der Waals surface area (Å²) < 4.78 is 29.3. The van der Waals surface area contributed by atoms with Crippen LogP contribution in [0.2, 0.25) is 0 Å². The Bertz CT molecular complexity index is 1110. The normalized spacial score (nSPS) is 12.1. The van der Waals surface area contributed by atoms with E-state index in [2.05, 4.69) is 25.8 Å². The van der Waals surface area contributed by atoms with Crippen LogP contribution in [0.25, 0.3) is 0 Å². The Morgan fingerprint density at radius 3 is 2.40 bits per heavy atom. The molecule has 11 nitrogen and oxygen atoms in total. The van der Waals surface area contributed by atoms with Crippen LogP contribution in [0, 0.1) is 6.92 Å². The van der Waals surface area contributed by atoms with E-state index in [4.69, 9.17) is 22.0 Å². The number of carbonyl (C=O) groups is 1. The first kappa shape index (κ1) is 23.2. The van der Waals surface area contributed by atoms with Gasteiger partial charge in [0.25, 0.3) is 15.6 Å². The Morgan fingerprint density at radius 2 is 1.83 bits per heavy atom. The Morgan fingerprint density at radius 1 is 1.20 bits per heavy atom. The molecule has 1 aromatic heterocycles. The highest BCUT2D eigenvalue weighted by molar-refractivity contribution is 9.10. The Hall–Kier alpha value is -3.06. The number of nitrogens with one attached hydrogen (secondary N) is 1. The molecule has 2 rings (SSSR count). The average molecular weight is 501 g/mol. The third-order valence-electron chi connectivity index (χ3n) is 3.98. The van der Waals surface area contributed by atoms with E-state index in [1.165, 1.54) is 24.3 Å². The quantitative estimate of drug-likeness (QED) is 0.165. The molecule has 1 aromatic carbocycles. The fraction of sp³-hybridized carbons (Fsp3) is 0.235. The second-order valence-electron chi connectivity index (χ2n) is 6.18. The van der Waals surface area contributed by atoms with Gasteiger partial charge in [0.15, 0.2) is 0 Å². The Balaban J connectivity index is 2.37. The van der Waals surface area contributed by atoms with Crippen molar-refractivity contribution in [1.29, 1.82) is 0 Å². The van der Waals surface area contributed by atoms with Gasteiger partial charge in [0.1, 0.15) is 18.3 Å². The lowest BCUT2D eigenvalue weighted by Gasteiger charge is -2.20. The van der Waals surface area contributed by atoms with Crippen molar-refractivity contribution < 1.29 is 18.0 Å². The number of pyridine rings is 1. The average Bonchev–Trinajstić information content (AvgIpc) is 2.65. The number of sulfonamides is 1. The summed E-state index contributed by atoms with van der Waals surface area (Å²) in [5.74, 6) is -1.11. The summed E-state index contributed by atoms with van der Waals surface area (Å²) >= 11 is 3.23. The molecule has 0 bridgehead atoms. The number of aromatic nitrogens is 1. The number of guanidine groups is 1. The van der Waals surface area contributed by atoms with E-state index < -0.39 is 27.5 Å². The fourth-order valence-electron chi connectivity index (χ4n) is 2.61. The zero-order chi connectivity index (χ0) is 22.5. The predicted molar refractivity (Wildman–Crippen MR) is 115 cm³/mol. The molecule has 13 heteroatoms. The fourth-order valence-corrected chi connectivity index (χ4v) is 3.93. The number of nitrogens with zero attached hydrogens (tertiary/aromatic N) is 2. The van der Waals surface area contributed by atoms with Gasteiger partial charge in [-0.15, -0.1) is 0 Å². The molecule has 162 valence electrons. The van der Waals surface area contributed by atoms with Gasteiger partial charge in [-0.05, 0) is 48.5 Å². The van der Waals surface area contributed by atoms with Gasteiger partial charge in [-0.1, -0.05) is 15.9 Å². The van der Waals surface area contributed by atoms with Crippen molar-refractivity contribution in [1.82, 2.24) is 4.57 Å². The standard InChI is InChI=1S/C17H21BrN6O5S/c1-10-2-7-13(23-30(27,28)12-5-3-11(18)4-6-12)16(26)24(10)14(15(19)25)8-9-29-22-17(20)21/h2-7,14,23H,8-9H2,1H3,(H2,19,25)(H4,20,21,22). The highest BCUT2D eigenvalue weighted by Crippen LogP contribution is 2.19. The highest BCUT2D eigenvalue weighted by Gasteiger charge is 2.24. The van der Waals surface area contributed by atoms with E-state index in [-0.39, 0.29) is 29.6 Å². The van der Waals surface area contributed by atoms with Gasteiger partial charge in [-0.3, -0.25) is 18.9 Å². The van der Waals surface area contributed by atoms with Crippen molar-refractivity contribution in [2.75, 3.05) is 11.3 Å². The number of carbonyl (C=O) groups excluding carboxylic acids is 1. The Labute approximate surface area is 181 Å². The van der Waals surface area contributed by atoms with Crippen LogP contribution in [0.5, 0.6) is 0 Å². The number of halogens is 1. The molecule has 1 unspecified atom stereocenters. The minimum Gasteiger partial charge on any atom is -0.393 e. The highest BCUT2D eigenvalue weighted by atomic mass is 79.9. The molecule has 2 aromatic rings. The SMILES string of the molecule is Cc1ccc(NS(=O)(=O)c2ccc(Br)cc2)c(=O)n1C(CCON=C(N)N)C(N)=O. The topological polar surface area (TPSA) is 185 Å². The molecule has 0 saturated heterocycles. The van der Waals surface area contributed by atoms with Gasteiger partial charge in [0, 0.05) is 16.6 Å². The summed E-state index contributed by atoms with van der Waals surface area (Å²) in [6.45, 7) is 1.48. The van der Waals surface area contributed by atoms with Crippen molar-refractivity contribution in [2.24, 2.45) is 22.4 Å². The summed E-state index contributed by atoms with van der Waals surface area (Å²) in [6.07, 6.45) is -0.0181. The second kappa shape index (κ2) is 9.63. The maximum atomic E-state index is 13.0. The number of primary amides is 1. The van der Waals surface area contributed by atoms with Gasteiger partial charge in [-0.2, -0.15) is 0 Å². The molecule has 1 amide bonds. The van der Waals surface area contributed by atoms with E-state index in [1.807, 2.05) is 0 Å². The van der Waals surface area contributed by atoms with E-state index in [1.54, 1.807) is 19.1 Å². The molecule has 1 heterocycles. The molecular formula is C17H21BrN6O5S. The minimum atomic E-state index is -4.03. The molecule has 0 spiro atoms. The van der Waals surface area contributed by atoms with Crippen LogP contribution < -0.4 is 27.5 Å². The summed E-state index contributed by atoms with van der Waals surface area (Å²) in [4.78, 5) is 29.7. The number of hydrogen-bond donors (Lipinski definition) is 4. The van der Waals surface area contributed by atoms with Crippen LogP contribution in [0.4, 0.5) is 5.69 Å². The zero-order valence-corrected chi connectivity index (χ0v) is 18.3. The largest absolute Gasteiger partial charge is 0.393 e. The lowest BCUT2D eigenvalue weighted by Crippen LogP contribution is -2.37. The van der Waals surface area contributed by atoms with Crippen LogP contribution in [0.15, 0.2) is 55.7 Å². The number of anilines is 1. The molecule has 0 radical (unpaired) electrons. The van der Waals surface area contributed by atoms with Crippen LogP contribution in [0.3, 0.4) is 0 Å². The number of rotatable bonds is 9. The summed E-state index contributed by atoms with van der Waals surface area (Å²) in [5.41, 5.74) is 15.2. The van der Waals surface area contributed by atoms with Crippen LogP contribution in [0.1, 0.15) is 18.2 Å². The molecule has 0 aliphatic carbocycles. The summed E-state index contributed by atoms with van der Waals surface area (Å²) in [6, 6.07) is 7.58. The smallest absolute Gasteiger partial charge is 0.275 e. The van der Waals surface area contributed by atoms with E-state index in [0.29, 0.717) is 10.2 Å². The number of benzene rings is 1. The van der Waals surface area contributed by atoms with Gasteiger partial charge >= 0.3 is 0 Å². The molecule has 0 aliphatic heterocycles. The number of nitrogens with two attached hydrogens (primary N) is 3. The molecule has 0 aliphatic rings. The van der Waals surface area contributed by atoms with Gasteiger partial charge in [0.05, 0.1) is 4.90 Å². The first-order chi connectivity index (χ1) is 14.0. The number of amides is 1. The van der Waals surface area contributed by atoms with E-state index in [9.17, 15) is 18.0 Å². The van der Waals surface area contributed by atoms with Crippen molar-refractivity contribution >= 4 is 43.5 Å². The maximum absolute atomic E-state index is 13.0. The third kappa shape index (κ3) is 5.73. The van der Waals surface area contributed by atoms with Crippen LogP contribution in [-0.2, 0) is 19.7 Å². The zero-order valence-electron chi connectivity index (χ0n) is 15.9. The van der Waals surface area contributed by atoms with Crippen molar-refractivity contribution in [3.63, 3.8) is 0 Å². The molecule has 1 atom stereocenters. The van der Waals surface area contributed by atoms with E-state index >= 15 is 0 Å². The summed E-state index contributed by atoms with van der Waals surface area (Å²) in [7, 11) is -4.03. The summed E-state index contributed by atoms with van der Waals surface area (Å²) in [5, 5.41) is 3.34. The van der Waals surface area contributed by atoms with Gasteiger partial charge in [-0.25, -0.2) is 8.42 Å². The number of aryl methyl sites for hydroxylation is 1. The number of hydrogen-bond acceptors (Lipinski definition) is 6. The van der Waals surface area contributed by atoms with Crippen molar-refractivity contribution in [3.05, 3.63) is 56.9 Å². The maximum Gasteiger partial charge on any atom is 0.275 e. The Kier molecular flexibility index (Phi) is 7.45. The molecule has 0 fully saturated rings. The monoisotopic (exact) mass is 500 g/mol. The molecular weight excluding hydrogens is 480 g/mol. The lowest BCUT2D eigenvalue weighted by molar-refractivity contribution is -0.121. The van der Waals surface area contributed by atoms with Gasteiger partial charge < -0.3 is 22.0 Å². The number of oxime groups is 1. The van der Waals surface area contributed by atoms with E-state index in [0.717, 1.165) is 4.57 Å². The van der Waals surface area contributed by atoms with Crippen molar-refractivity contribution in [3.8, 4) is 0 Å². The minimum absolute atomic E-state index is 0.0181.